The molecular weight excluding hydrogens is 843 g/mol. The molecule has 0 atom stereocenters. The maximum atomic E-state index is 5.51. The third kappa shape index (κ3) is 5.18. The fourth-order valence-electron chi connectivity index (χ4n) is 10.5. The van der Waals surface area contributed by atoms with Crippen molar-refractivity contribution in [1.82, 2.24) is 24.1 Å². The molecule has 15 aromatic rings. The van der Waals surface area contributed by atoms with Crippen LogP contribution in [0.2, 0.25) is 0 Å². The minimum atomic E-state index is 0.585. The van der Waals surface area contributed by atoms with Gasteiger partial charge < -0.3 is 4.57 Å². The molecule has 66 heavy (non-hydrogen) atoms. The molecule has 0 aliphatic carbocycles. The minimum Gasteiger partial charge on any atom is -0.308 e. The molecule has 0 saturated carbocycles. The quantitative estimate of drug-likeness (QED) is 0.177. The van der Waals surface area contributed by atoms with E-state index >= 15 is 0 Å². The van der Waals surface area contributed by atoms with E-state index in [1.807, 2.05) is 11.3 Å². The van der Waals surface area contributed by atoms with Crippen LogP contribution in [0.25, 0.3) is 140 Å². The average molecular weight is 876 g/mol. The Morgan fingerprint density at radius 1 is 0.333 bits per heavy atom. The topological polar surface area (TPSA) is 48.5 Å². The first-order valence-corrected chi connectivity index (χ1v) is 23.8. The maximum Gasteiger partial charge on any atom is 0.238 e. The van der Waals surface area contributed by atoms with Crippen molar-refractivity contribution >= 4 is 128 Å². The molecule has 0 aliphatic rings. The van der Waals surface area contributed by atoms with Crippen LogP contribution in [0.1, 0.15) is 0 Å². The Kier molecular flexibility index (Phi) is 7.47. The summed E-state index contributed by atoms with van der Waals surface area (Å²) in [6.07, 6.45) is 0. The molecule has 0 spiro atoms. The van der Waals surface area contributed by atoms with Crippen molar-refractivity contribution in [3.05, 3.63) is 200 Å². The van der Waals surface area contributed by atoms with Gasteiger partial charge in [0, 0.05) is 68.3 Å². The van der Waals surface area contributed by atoms with Crippen molar-refractivity contribution in [2.24, 2.45) is 0 Å². The summed E-state index contributed by atoms with van der Waals surface area (Å²) < 4.78 is 9.57. The van der Waals surface area contributed by atoms with Crippen molar-refractivity contribution in [2.75, 3.05) is 0 Å². The lowest BCUT2D eigenvalue weighted by atomic mass is 10.0. The Labute approximate surface area is 384 Å². The number of hydrogen-bond acceptors (Lipinski definition) is 5. The molecule has 5 nitrogen and oxygen atoms in total. The molecule has 0 bridgehead atoms. The fourth-order valence-corrected chi connectivity index (χ4v) is 12.9. The van der Waals surface area contributed by atoms with Gasteiger partial charge in [0.2, 0.25) is 5.95 Å². The number of fused-ring (bicyclic) bond motifs is 14. The molecule has 0 amide bonds. The Morgan fingerprint density at radius 2 is 0.864 bits per heavy atom. The summed E-state index contributed by atoms with van der Waals surface area (Å²) >= 11 is 3.64. The lowest BCUT2D eigenvalue weighted by Crippen LogP contribution is -2.06. The van der Waals surface area contributed by atoms with Crippen LogP contribution in [0.15, 0.2) is 200 Å². The maximum absolute atomic E-state index is 5.51. The van der Waals surface area contributed by atoms with Crippen molar-refractivity contribution in [2.45, 2.75) is 0 Å². The number of hydrogen-bond donors (Lipinski definition) is 0. The van der Waals surface area contributed by atoms with Gasteiger partial charge >= 0.3 is 0 Å². The number of rotatable bonds is 4. The lowest BCUT2D eigenvalue weighted by Gasteiger charge is -2.14. The highest BCUT2D eigenvalue weighted by molar-refractivity contribution is 7.26. The molecular formula is C59H33N5S2. The molecule has 15 rings (SSSR count). The summed E-state index contributed by atoms with van der Waals surface area (Å²) in [6.45, 7) is 0. The molecule has 5 heterocycles. The first-order chi connectivity index (χ1) is 32.7. The molecule has 10 aromatic carbocycles. The van der Waals surface area contributed by atoms with Gasteiger partial charge in [-0.25, -0.2) is 4.98 Å². The first kappa shape index (κ1) is 36.1. The third-order valence-electron chi connectivity index (χ3n) is 13.5. The second-order valence-electron chi connectivity index (χ2n) is 17.2. The number of nitrogens with zero attached hydrogens (tertiary/aromatic N) is 5. The van der Waals surface area contributed by atoms with E-state index in [2.05, 4.69) is 209 Å². The van der Waals surface area contributed by atoms with Crippen LogP contribution in [-0.4, -0.2) is 24.1 Å². The standard InChI is InChI=1S/C59H33N5S2/c1-3-15-36-31-50-45(29-34(36)13-1)46-30-35-14-2-4-16-37(35)32-51(46)63(50)49-28-27-44(55-43-20-8-12-24-53(43)66-56(49)55)58-60-57(38-25-26-42-41-19-7-11-23-52(41)65-54(42)33-38)61-59(62-58)64-47-21-9-5-17-39(47)40-18-6-10-22-48(40)64/h1-33H. The normalized spacial score (nSPS) is 12.2. The van der Waals surface area contributed by atoms with Gasteiger partial charge in [-0.15, -0.1) is 22.7 Å². The molecule has 0 unspecified atom stereocenters. The van der Waals surface area contributed by atoms with E-state index < -0.39 is 0 Å². The zero-order chi connectivity index (χ0) is 43.0. The Balaban J connectivity index is 1.04. The monoisotopic (exact) mass is 875 g/mol. The number of aromatic nitrogens is 5. The SMILES string of the molecule is c1ccc2cc3c(cc2c1)c1cc2ccccc2cc1n3-c1ccc(-c2nc(-c3ccc4c(c3)sc3ccccc34)nc(-n3c4ccccc4c4ccccc43)n2)c2c1sc1ccccc12. The highest BCUT2D eigenvalue weighted by Gasteiger charge is 2.24. The molecule has 0 fully saturated rings. The second kappa shape index (κ2) is 13.6. The zero-order valence-corrected chi connectivity index (χ0v) is 36.7. The van der Waals surface area contributed by atoms with E-state index in [0.717, 1.165) is 44.0 Å². The summed E-state index contributed by atoms with van der Waals surface area (Å²) in [4.78, 5) is 16.4. The van der Waals surface area contributed by atoms with Gasteiger partial charge in [0.05, 0.1) is 32.5 Å². The predicted octanol–water partition coefficient (Wildman–Crippen LogP) is 16.4. The number of benzene rings is 10. The van der Waals surface area contributed by atoms with Gasteiger partial charge in [0.15, 0.2) is 11.6 Å². The summed E-state index contributed by atoms with van der Waals surface area (Å²) in [5.74, 6) is 1.85. The van der Waals surface area contributed by atoms with Gasteiger partial charge in [0.1, 0.15) is 0 Å². The number of thiophene rings is 2. The molecule has 0 saturated heterocycles. The van der Waals surface area contributed by atoms with E-state index in [0.29, 0.717) is 17.6 Å². The van der Waals surface area contributed by atoms with Crippen molar-refractivity contribution in [1.29, 1.82) is 0 Å². The summed E-state index contributed by atoms with van der Waals surface area (Å²) in [7, 11) is 0. The smallest absolute Gasteiger partial charge is 0.238 e. The van der Waals surface area contributed by atoms with Crippen LogP contribution in [0.5, 0.6) is 0 Å². The van der Waals surface area contributed by atoms with Crippen LogP contribution in [0, 0.1) is 0 Å². The molecule has 306 valence electrons. The minimum absolute atomic E-state index is 0.585. The average Bonchev–Trinajstić information content (AvgIpc) is 4.12. The van der Waals surface area contributed by atoms with Crippen LogP contribution in [0.4, 0.5) is 0 Å². The zero-order valence-electron chi connectivity index (χ0n) is 35.1. The molecule has 0 radical (unpaired) electrons. The largest absolute Gasteiger partial charge is 0.308 e. The number of para-hydroxylation sites is 2. The second-order valence-corrected chi connectivity index (χ2v) is 19.3. The van der Waals surface area contributed by atoms with E-state index in [-0.39, 0.29) is 0 Å². The van der Waals surface area contributed by atoms with Gasteiger partial charge in [-0.3, -0.25) is 4.57 Å². The highest BCUT2D eigenvalue weighted by atomic mass is 32.1. The van der Waals surface area contributed by atoms with Crippen molar-refractivity contribution in [3.63, 3.8) is 0 Å². The van der Waals surface area contributed by atoms with E-state index in [1.165, 1.54) is 78.3 Å². The van der Waals surface area contributed by atoms with Gasteiger partial charge in [0.25, 0.3) is 0 Å². The van der Waals surface area contributed by atoms with Crippen molar-refractivity contribution < 1.29 is 0 Å². The van der Waals surface area contributed by atoms with E-state index in [1.54, 1.807) is 11.3 Å². The molecule has 0 aliphatic heterocycles. The van der Waals surface area contributed by atoms with Gasteiger partial charge in [-0.05, 0) is 88.3 Å². The molecule has 5 aromatic heterocycles. The summed E-state index contributed by atoms with van der Waals surface area (Å²) in [6, 6.07) is 72.6. The van der Waals surface area contributed by atoms with Crippen LogP contribution < -0.4 is 0 Å². The van der Waals surface area contributed by atoms with Gasteiger partial charge in [-0.1, -0.05) is 133 Å². The summed E-state index contributed by atoms with van der Waals surface area (Å²) in [5, 5.41) is 14.5. The van der Waals surface area contributed by atoms with Crippen LogP contribution in [-0.2, 0) is 0 Å². The van der Waals surface area contributed by atoms with Crippen molar-refractivity contribution in [3.8, 4) is 34.4 Å². The van der Waals surface area contributed by atoms with Crippen LogP contribution in [0.3, 0.4) is 0 Å². The third-order valence-corrected chi connectivity index (χ3v) is 15.9. The molecule has 0 N–H and O–H groups in total. The first-order valence-electron chi connectivity index (χ1n) is 22.2. The lowest BCUT2D eigenvalue weighted by molar-refractivity contribution is 0.954. The van der Waals surface area contributed by atoms with E-state index in [4.69, 9.17) is 15.0 Å². The Morgan fingerprint density at radius 3 is 1.53 bits per heavy atom. The highest BCUT2D eigenvalue weighted by Crippen LogP contribution is 2.46. The van der Waals surface area contributed by atoms with E-state index in [9.17, 15) is 0 Å². The van der Waals surface area contributed by atoms with Gasteiger partial charge in [-0.2, -0.15) is 9.97 Å². The summed E-state index contributed by atoms with van der Waals surface area (Å²) in [5.41, 5.74) is 7.51. The predicted molar refractivity (Wildman–Crippen MR) is 280 cm³/mol. The molecule has 7 heteroatoms. The van der Waals surface area contributed by atoms with Crippen LogP contribution >= 0.6 is 22.7 Å². The fraction of sp³-hybridized carbons (Fsp3) is 0. The Hall–Kier alpha value is -8.23. The Bertz CT molecular complexity index is 4400.